The summed E-state index contributed by atoms with van der Waals surface area (Å²) in [5, 5.41) is 0. The normalized spacial score (nSPS) is 10.2. The highest BCUT2D eigenvalue weighted by Crippen LogP contribution is 2.23. The van der Waals surface area contributed by atoms with Gasteiger partial charge in [0.2, 0.25) is 0 Å². The van der Waals surface area contributed by atoms with Crippen molar-refractivity contribution in [3.05, 3.63) is 53.1 Å². The van der Waals surface area contributed by atoms with Gasteiger partial charge in [0, 0.05) is 0 Å². The first-order chi connectivity index (χ1) is 13.2. The molecule has 0 nitrogen and oxygen atoms in total. The minimum absolute atomic E-state index is 1.08. The van der Waals surface area contributed by atoms with Crippen molar-refractivity contribution in [2.24, 2.45) is 0 Å². The Bertz CT molecular complexity index is 463. The summed E-state index contributed by atoms with van der Waals surface area (Å²) in [6.07, 6.45) is 15.8. The quantitative estimate of drug-likeness (QED) is 0.298. The van der Waals surface area contributed by atoms with Gasteiger partial charge in [-0.05, 0) is 55.4 Å². The molecule has 0 atom stereocenters. The first kappa shape index (κ1) is 30.4. The van der Waals surface area contributed by atoms with E-state index in [9.17, 15) is 0 Å². The summed E-state index contributed by atoms with van der Waals surface area (Å²) in [6.45, 7) is 20.8. The molecule has 0 aromatic heterocycles. The average molecular weight is 375 g/mol. The standard InChI is InChI=1S/C21H32.3C2H6/c1-5-8-9-10-11-14-19-15-16-21(18(4)17-19)20(12-6-2)13-7-3;3*1-2/h6,12-13,15-17H,5,7-11,14H2,1-4H3;3*1-2H3/b12-6-,20-13+;;;. The molecule has 0 amide bonds. The fraction of sp³-hybridized carbons (Fsp3) is 0.630. The van der Waals surface area contributed by atoms with Crippen LogP contribution in [0.4, 0.5) is 0 Å². The van der Waals surface area contributed by atoms with E-state index < -0.39 is 0 Å². The van der Waals surface area contributed by atoms with Crippen molar-refractivity contribution in [3.8, 4) is 0 Å². The lowest BCUT2D eigenvalue weighted by Gasteiger charge is -2.10. The summed E-state index contributed by atoms with van der Waals surface area (Å²) >= 11 is 0. The number of aryl methyl sites for hydroxylation is 2. The Labute approximate surface area is 173 Å². The van der Waals surface area contributed by atoms with Gasteiger partial charge < -0.3 is 0 Å². The summed E-state index contributed by atoms with van der Waals surface area (Å²) in [5.74, 6) is 0. The van der Waals surface area contributed by atoms with Gasteiger partial charge in [-0.2, -0.15) is 0 Å². The zero-order chi connectivity index (χ0) is 21.5. The molecule has 0 aliphatic heterocycles. The minimum atomic E-state index is 1.08. The molecule has 1 aromatic rings. The van der Waals surface area contributed by atoms with Crippen LogP contribution in [0.3, 0.4) is 0 Å². The minimum Gasteiger partial charge on any atom is -0.0871 e. The molecule has 0 bridgehead atoms. The largest absolute Gasteiger partial charge is 0.0871 e. The third-order valence-electron chi connectivity index (χ3n) is 3.94. The molecule has 0 unspecified atom stereocenters. The third-order valence-corrected chi connectivity index (χ3v) is 3.94. The highest BCUT2D eigenvalue weighted by atomic mass is 14.1. The molecular weight excluding hydrogens is 324 g/mol. The Kier molecular flexibility index (Phi) is 27.8. The highest BCUT2D eigenvalue weighted by molar-refractivity contribution is 5.76. The van der Waals surface area contributed by atoms with Gasteiger partial charge >= 0.3 is 0 Å². The Morgan fingerprint density at radius 1 is 0.852 bits per heavy atom. The van der Waals surface area contributed by atoms with Gasteiger partial charge in [0.05, 0.1) is 0 Å². The Morgan fingerprint density at radius 2 is 1.44 bits per heavy atom. The molecule has 0 spiro atoms. The second-order valence-electron chi connectivity index (χ2n) is 5.88. The van der Waals surface area contributed by atoms with Crippen LogP contribution in [0.15, 0.2) is 36.4 Å². The SMILES string of the molecule is C/C=C\C(=C/CC)c1ccc(CCCCCCC)cc1C.CC.CC.CC. The van der Waals surface area contributed by atoms with Crippen molar-refractivity contribution in [2.75, 3.05) is 0 Å². The Balaban J connectivity index is -0.000000869. The summed E-state index contributed by atoms with van der Waals surface area (Å²) in [6, 6.07) is 7.00. The fourth-order valence-corrected chi connectivity index (χ4v) is 2.81. The van der Waals surface area contributed by atoms with E-state index in [-0.39, 0.29) is 0 Å². The molecule has 0 aliphatic rings. The van der Waals surface area contributed by atoms with Crippen LogP contribution in [0.5, 0.6) is 0 Å². The molecule has 0 heteroatoms. The van der Waals surface area contributed by atoms with E-state index in [1.807, 2.05) is 41.5 Å². The van der Waals surface area contributed by atoms with E-state index in [0.717, 1.165) is 6.42 Å². The van der Waals surface area contributed by atoms with Crippen molar-refractivity contribution < 1.29 is 0 Å². The van der Waals surface area contributed by atoms with Crippen molar-refractivity contribution in [2.45, 2.75) is 114 Å². The van der Waals surface area contributed by atoms with E-state index in [1.54, 1.807) is 0 Å². The first-order valence-corrected chi connectivity index (χ1v) is 11.7. The topological polar surface area (TPSA) is 0 Å². The lowest BCUT2D eigenvalue weighted by Crippen LogP contribution is -1.92. The average Bonchev–Trinajstić information content (AvgIpc) is 2.72. The van der Waals surface area contributed by atoms with Gasteiger partial charge in [0.1, 0.15) is 0 Å². The summed E-state index contributed by atoms with van der Waals surface area (Å²) in [4.78, 5) is 0. The van der Waals surface area contributed by atoms with E-state index in [0.29, 0.717) is 0 Å². The number of unbranched alkanes of at least 4 members (excludes halogenated alkanes) is 4. The Morgan fingerprint density at radius 3 is 1.93 bits per heavy atom. The van der Waals surface area contributed by atoms with E-state index in [1.165, 1.54) is 60.8 Å². The van der Waals surface area contributed by atoms with Crippen LogP contribution in [0.1, 0.15) is 118 Å². The van der Waals surface area contributed by atoms with Gasteiger partial charge in [-0.1, -0.05) is 118 Å². The molecule has 158 valence electrons. The maximum atomic E-state index is 2.38. The van der Waals surface area contributed by atoms with Crippen molar-refractivity contribution in [3.63, 3.8) is 0 Å². The van der Waals surface area contributed by atoms with Gasteiger partial charge in [-0.15, -0.1) is 0 Å². The first-order valence-electron chi connectivity index (χ1n) is 11.7. The van der Waals surface area contributed by atoms with E-state index >= 15 is 0 Å². The molecule has 0 N–H and O–H groups in total. The van der Waals surface area contributed by atoms with Crippen LogP contribution < -0.4 is 0 Å². The van der Waals surface area contributed by atoms with Crippen LogP contribution in [0, 0.1) is 6.92 Å². The summed E-state index contributed by atoms with van der Waals surface area (Å²) in [7, 11) is 0. The summed E-state index contributed by atoms with van der Waals surface area (Å²) in [5.41, 5.74) is 5.62. The zero-order valence-corrected chi connectivity index (χ0v) is 20.4. The molecule has 1 rings (SSSR count). The molecule has 0 fully saturated rings. The van der Waals surface area contributed by atoms with Crippen LogP contribution >= 0.6 is 0 Å². The summed E-state index contributed by atoms with van der Waals surface area (Å²) < 4.78 is 0. The van der Waals surface area contributed by atoms with Crippen molar-refractivity contribution in [1.29, 1.82) is 0 Å². The van der Waals surface area contributed by atoms with E-state index in [4.69, 9.17) is 0 Å². The lowest BCUT2D eigenvalue weighted by atomic mass is 9.95. The molecule has 0 heterocycles. The van der Waals surface area contributed by atoms with Gasteiger partial charge in [-0.3, -0.25) is 0 Å². The number of hydrogen-bond donors (Lipinski definition) is 0. The maximum absolute atomic E-state index is 2.38. The molecular formula is C27H50. The second-order valence-corrected chi connectivity index (χ2v) is 5.88. The highest BCUT2D eigenvalue weighted by Gasteiger charge is 2.03. The molecule has 0 radical (unpaired) electrons. The molecule has 1 aromatic carbocycles. The van der Waals surface area contributed by atoms with Gasteiger partial charge in [-0.25, -0.2) is 0 Å². The van der Waals surface area contributed by atoms with E-state index in [2.05, 4.69) is 64.1 Å². The van der Waals surface area contributed by atoms with Crippen molar-refractivity contribution >= 4 is 5.57 Å². The van der Waals surface area contributed by atoms with Crippen LogP contribution in [-0.2, 0) is 6.42 Å². The molecule has 0 saturated carbocycles. The maximum Gasteiger partial charge on any atom is -0.0158 e. The molecule has 0 saturated heterocycles. The van der Waals surface area contributed by atoms with Crippen LogP contribution in [-0.4, -0.2) is 0 Å². The number of allylic oxidation sites excluding steroid dienone is 4. The monoisotopic (exact) mass is 374 g/mol. The number of hydrogen-bond acceptors (Lipinski definition) is 0. The number of benzene rings is 1. The zero-order valence-electron chi connectivity index (χ0n) is 20.4. The molecule has 27 heavy (non-hydrogen) atoms. The second kappa shape index (κ2) is 24.7. The smallest absolute Gasteiger partial charge is 0.0158 e. The fourth-order valence-electron chi connectivity index (χ4n) is 2.81. The predicted molar refractivity (Wildman–Crippen MR) is 131 cm³/mol. The molecule has 0 aliphatic carbocycles. The lowest BCUT2D eigenvalue weighted by molar-refractivity contribution is 0.632. The number of rotatable bonds is 9. The predicted octanol–water partition coefficient (Wildman–Crippen LogP) is 9.96. The van der Waals surface area contributed by atoms with Crippen molar-refractivity contribution in [1.82, 2.24) is 0 Å². The third kappa shape index (κ3) is 15.5. The van der Waals surface area contributed by atoms with Crippen LogP contribution in [0.25, 0.3) is 5.57 Å². The Hall–Kier alpha value is -1.30. The van der Waals surface area contributed by atoms with Crippen LogP contribution in [0.2, 0.25) is 0 Å². The van der Waals surface area contributed by atoms with Gasteiger partial charge in [0.25, 0.3) is 0 Å². The van der Waals surface area contributed by atoms with Gasteiger partial charge in [0.15, 0.2) is 0 Å².